The Kier molecular flexibility index (Phi) is 5.63. The molecule has 2 amide bonds. The van der Waals surface area contributed by atoms with Crippen molar-refractivity contribution in [2.75, 3.05) is 16.8 Å². The van der Waals surface area contributed by atoms with Crippen molar-refractivity contribution in [3.05, 3.63) is 59.7 Å². The van der Waals surface area contributed by atoms with Gasteiger partial charge in [0.25, 0.3) is 0 Å². The van der Waals surface area contributed by atoms with E-state index in [1.165, 1.54) is 17.9 Å². The largest absolute Gasteiger partial charge is 0.326 e. The Morgan fingerprint density at radius 1 is 1.04 bits per heavy atom. The molecule has 4 nitrogen and oxygen atoms in total. The van der Waals surface area contributed by atoms with Gasteiger partial charge < -0.3 is 10.2 Å². The molecule has 24 heavy (non-hydrogen) atoms. The number of carbonyl (C=O) groups excluding carboxylic acids is 2. The molecule has 2 aromatic carbocycles. The van der Waals surface area contributed by atoms with Gasteiger partial charge in [0.05, 0.1) is 0 Å². The van der Waals surface area contributed by atoms with Gasteiger partial charge in [-0.1, -0.05) is 17.7 Å². The van der Waals surface area contributed by atoms with Gasteiger partial charge in [-0.3, -0.25) is 9.59 Å². The molecular weight excluding hydrogens is 314 g/mol. The smallest absolute Gasteiger partial charge is 0.226 e. The van der Waals surface area contributed by atoms with Crippen LogP contribution in [-0.4, -0.2) is 18.4 Å². The molecule has 6 heteroatoms. The van der Waals surface area contributed by atoms with Crippen LogP contribution in [0.1, 0.15) is 18.9 Å². The Labute approximate surface area is 139 Å². The van der Waals surface area contributed by atoms with Crippen molar-refractivity contribution in [1.82, 2.24) is 0 Å². The van der Waals surface area contributed by atoms with Gasteiger partial charge in [0.15, 0.2) is 11.6 Å². The maximum absolute atomic E-state index is 13.3. The fourth-order valence-corrected chi connectivity index (χ4v) is 2.20. The lowest BCUT2D eigenvalue weighted by Gasteiger charge is -2.21. The number of benzene rings is 2. The minimum absolute atomic E-state index is 0.0342. The fraction of sp³-hybridized carbons (Fsp3) is 0.222. The lowest BCUT2D eigenvalue weighted by Crippen LogP contribution is -2.32. The van der Waals surface area contributed by atoms with E-state index in [1.54, 1.807) is 12.1 Å². The van der Waals surface area contributed by atoms with Crippen LogP contribution in [0.5, 0.6) is 0 Å². The number of anilines is 2. The number of halogens is 2. The number of aryl methyl sites for hydroxylation is 1. The highest BCUT2D eigenvalue weighted by atomic mass is 19.2. The summed E-state index contributed by atoms with van der Waals surface area (Å²) in [6, 6.07) is 10.5. The fourth-order valence-electron chi connectivity index (χ4n) is 2.20. The number of hydrogen-bond acceptors (Lipinski definition) is 2. The van der Waals surface area contributed by atoms with Crippen LogP contribution in [0.4, 0.5) is 20.2 Å². The Morgan fingerprint density at radius 3 is 2.29 bits per heavy atom. The zero-order chi connectivity index (χ0) is 17.7. The second-order valence-corrected chi connectivity index (χ2v) is 5.43. The van der Waals surface area contributed by atoms with Crippen LogP contribution in [0, 0.1) is 18.6 Å². The first-order valence-corrected chi connectivity index (χ1v) is 7.46. The Bertz CT molecular complexity index is 745. The molecule has 1 N–H and O–H groups in total. The molecule has 0 saturated heterocycles. The van der Waals surface area contributed by atoms with Crippen LogP contribution in [0.2, 0.25) is 0 Å². The standard InChI is InChI=1S/C18H18F2N2O2/c1-12-3-5-14(6-4-12)21-18(24)9-10-22(13(2)23)15-7-8-16(19)17(20)11-15/h3-8,11H,9-10H2,1-2H3,(H,21,24). The molecule has 0 fully saturated rings. The third-order valence-electron chi connectivity index (χ3n) is 3.49. The van der Waals surface area contributed by atoms with Crippen molar-refractivity contribution in [3.8, 4) is 0 Å². The quantitative estimate of drug-likeness (QED) is 0.908. The van der Waals surface area contributed by atoms with E-state index in [4.69, 9.17) is 0 Å². The molecule has 0 heterocycles. The van der Waals surface area contributed by atoms with Gasteiger partial charge in [-0.2, -0.15) is 0 Å². The normalized spacial score (nSPS) is 10.3. The first-order chi connectivity index (χ1) is 11.4. The van der Waals surface area contributed by atoms with Crippen molar-refractivity contribution < 1.29 is 18.4 Å². The maximum Gasteiger partial charge on any atom is 0.226 e. The van der Waals surface area contributed by atoms with Gasteiger partial charge in [0, 0.05) is 37.3 Å². The monoisotopic (exact) mass is 332 g/mol. The molecule has 0 aliphatic heterocycles. The Morgan fingerprint density at radius 2 is 1.71 bits per heavy atom. The van der Waals surface area contributed by atoms with Crippen LogP contribution in [0.3, 0.4) is 0 Å². The van der Waals surface area contributed by atoms with E-state index in [0.29, 0.717) is 5.69 Å². The van der Waals surface area contributed by atoms with Gasteiger partial charge in [0.2, 0.25) is 11.8 Å². The molecule has 0 aliphatic rings. The highest BCUT2D eigenvalue weighted by Gasteiger charge is 2.15. The Hall–Kier alpha value is -2.76. The molecule has 0 unspecified atom stereocenters. The maximum atomic E-state index is 13.3. The molecule has 0 bridgehead atoms. The van der Waals surface area contributed by atoms with E-state index >= 15 is 0 Å². The third kappa shape index (κ3) is 4.62. The number of hydrogen-bond donors (Lipinski definition) is 1. The summed E-state index contributed by atoms with van der Waals surface area (Å²) < 4.78 is 26.3. The lowest BCUT2D eigenvalue weighted by atomic mass is 10.2. The minimum Gasteiger partial charge on any atom is -0.326 e. The molecule has 0 atom stereocenters. The minimum atomic E-state index is -1.04. The zero-order valence-electron chi connectivity index (χ0n) is 13.5. The molecule has 2 rings (SSSR count). The number of amides is 2. The molecule has 0 radical (unpaired) electrons. The third-order valence-corrected chi connectivity index (χ3v) is 3.49. The highest BCUT2D eigenvalue weighted by molar-refractivity contribution is 5.94. The summed E-state index contributed by atoms with van der Waals surface area (Å²) in [7, 11) is 0. The van der Waals surface area contributed by atoms with E-state index in [0.717, 1.165) is 17.7 Å². The van der Waals surface area contributed by atoms with E-state index in [2.05, 4.69) is 5.32 Å². The average Bonchev–Trinajstić information content (AvgIpc) is 2.53. The topological polar surface area (TPSA) is 49.4 Å². The van der Waals surface area contributed by atoms with Crippen LogP contribution in [0.15, 0.2) is 42.5 Å². The predicted molar refractivity (Wildman–Crippen MR) is 88.8 cm³/mol. The second kappa shape index (κ2) is 7.68. The average molecular weight is 332 g/mol. The van der Waals surface area contributed by atoms with Crippen molar-refractivity contribution >= 4 is 23.2 Å². The van der Waals surface area contributed by atoms with Crippen LogP contribution < -0.4 is 10.2 Å². The van der Waals surface area contributed by atoms with Gasteiger partial charge in [-0.15, -0.1) is 0 Å². The van der Waals surface area contributed by atoms with Crippen LogP contribution in [0.25, 0.3) is 0 Å². The Balaban J connectivity index is 2.00. The second-order valence-electron chi connectivity index (χ2n) is 5.43. The molecule has 0 saturated carbocycles. The van der Waals surface area contributed by atoms with Crippen molar-refractivity contribution in [3.63, 3.8) is 0 Å². The number of rotatable bonds is 5. The van der Waals surface area contributed by atoms with E-state index in [-0.39, 0.29) is 30.5 Å². The lowest BCUT2D eigenvalue weighted by molar-refractivity contribution is -0.117. The summed E-state index contributed by atoms with van der Waals surface area (Å²) in [5.41, 5.74) is 1.95. The SMILES string of the molecule is CC(=O)N(CCC(=O)Nc1ccc(C)cc1)c1ccc(F)c(F)c1. The van der Waals surface area contributed by atoms with Gasteiger partial charge in [0.1, 0.15) is 0 Å². The van der Waals surface area contributed by atoms with Crippen LogP contribution in [-0.2, 0) is 9.59 Å². The molecule has 0 aromatic heterocycles. The number of carbonyl (C=O) groups is 2. The molecule has 126 valence electrons. The van der Waals surface area contributed by atoms with Crippen molar-refractivity contribution in [2.45, 2.75) is 20.3 Å². The number of nitrogens with zero attached hydrogens (tertiary/aromatic N) is 1. The first kappa shape index (κ1) is 17.6. The predicted octanol–water partition coefficient (Wildman–Crippen LogP) is 3.65. The van der Waals surface area contributed by atoms with Gasteiger partial charge in [-0.05, 0) is 31.2 Å². The van der Waals surface area contributed by atoms with Crippen molar-refractivity contribution in [2.24, 2.45) is 0 Å². The molecule has 0 aliphatic carbocycles. The zero-order valence-corrected chi connectivity index (χ0v) is 13.5. The van der Waals surface area contributed by atoms with E-state index in [9.17, 15) is 18.4 Å². The summed E-state index contributed by atoms with van der Waals surface area (Å²) >= 11 is 0. The highest BCUT2D eigenvalue weighted by Crippen LogP contribution is 2.19. The number of nitrogens with one attached hydrogen (secondary N) is 1. The van der Waals surface area contributed by atoms with Crippen LogP contribution >= 0.6 is 0 Å². The van der Waals surface area contributed by atoms with E-state index in [1.807, 2.05) is 19.1 Å². The summed E-state index contributed by atoms with van der Waals surface area (Å²) in [4.78, 5) is 25.0. The summed E-state index contributed by atoms with van der Waals surface area (Å²) in [6.07, 6.45) is 0.0342. The summed E-state index contributed by atoms with van der Waals surface area (Å²) in [5.74, 6) is -2.65. The van der Waals surface area contributed by atoms with Crippen molar-refractivity contribution in [1.29, 1.82) is 0 Å². The summed E-state index contributed by atoms with van der Waals surface area (Å²) in [6.45, 7) is 3.31. The molecule has 2 aromatic rings. The van der Waals surface area contributed by atoms with E-state index < -0.39 is 11.6 Å². The molecule has 0 spiro atoms. The van der Waals surface area contributed by atoms with Gasteiger partial charge in [-0.25, -0.2) is 8.78 Å². The first-order valence-electron chi connectivity index (χ1n) is 7.46. The summed E-state index contributed by atoms with van der Waals surface area (Å²) in [5, 5.41) is 2.72. The van der Waals surface area contributed by atoms with Gasteiger partial charge >= 0.3 is 0 Å². The molecular formula is C18H18F2N2O2.